The van der Waals surface area contributed by atoms with Crippen molar-refractivity contribution in [3.63, 3.8) is 0 Å². The van der Waals surface area contributed by atoms with E-state index < -0.39 is 6.10 Å². The molecule has 4 N–H and O–H groups in total. The van der Waals surface area contributed by atoms with Gasteiger partial charge in [-0.25, -0.2) is 0 Å². The minimum absolute atomic E-state index is 0.186. The van der Waals surface area contributed by atoms with Gasteiger partial charge in [-0.3, -0.25) is 0 Å². The van der Waals surface area contributed by atoms with Crippen LogP contribution in [0.25, 0.3) is 0 Å². The molecule has 0 saturated heterocycles. The van der Waals surface area contributed by atoms with Gasteiger partial charge in [0, 0.05) is 18.6 Å². The van der Waals surface area contributed by atoms with Gasteiger partial charge in [0.2, 0.25) is 0 Å². The Hall–Kier alpha value is -1.88. The van der Waals surface area contributed by atoms with E-state index >= 15 is 0 Å². The van der Waals surface area contributed by atoms with E-state index in [1.54, 1.807) is 0 Å². The van der Waals surface area contributed by atoms with Crippen molar-refractivity contribution in [3.05, 3.63) is 65.7 Å². The molecule has 25 heavy (non-hydrogen) atoms. The van der Waals surface area contributed by atoms with Crippen molar-refractivity contribution >= 4 is 0 Å². The number of rotatable bonds is 10. The number of nitrogens with one attached hydrogen (secondary N) is 1. The standard InChI is InChI=1S/C21H30N2O2/c1-16(22)12-18-8-10-19(11-9-18)13-17(2)23-14-20(24)15-25-21-6-4-3-5-7-21/h3-11,16-17,20,23-24H,12-15,22H2,1-2H3. The summed E-state index contributed by atoms with van der Waals surface area (Å²) in [4.78, 5) is 0. The number of nitrogens with two attached hydrogens (primary N) is 1. The number of ether oxygens (including phenoxy) is 1. The van der Waals surface area contributed by atoms with E-state index in [9.17, 15) is 5.11 Å². The summed E-state index contributed by atoms with van der Waals surface area (Å²) in [5.74, 6) is 0.779. The van der Waals surface area contributed by atoms with Gasteiger partial charge in [0.25, 0.3) is 0 Å². The molecule has 0 bridgehead atoms. The van der Waals surface area contributed by atoms with Crippen LogP contribution in [0.15, 0.2) is 54.6 Å². The highest BCUT2D eigenvalue weighted by atomic mass is 16.5. The summed E-state index contributed by atoms with van der Waals surface area (Å²) < 4.78 is 5.56. The summed E-state index contributed by atoms with van der Waals surface area (Å²) in [7, 11) is 0. The van der Waals surface area contributed by atoms with Crippen molar-refractivity contribution in [1.82, 2.24) is 5.32 Å². The Balaban J connectivity index is 1.68. The largest absolute Gasteiger partial charge is 0.491 e. The molecule has 0 radical (unpaired) electrons. The molecule has 0 aliphatic rings. The molecule has 2 aromatic rings. The molecule has 0 aliphatic carbocycles. The Morgan fingerprint density at radius 3 is 2.16 bits per heavy atom. The Kier molecular flexibility index (Phi) is 7.92. The van der Waals surface area contributed by atoms with Gasteiger partial charge in [-0.05, 0) is 49.9 Å². The van der Waals surface area contributed by atoms with Crippen LogP contribution in [-0.2, 0) is 12.8 Å². The number of hydrogen-bond donors (Lipinski definition) is 3. The summed E-state index contributed by atoms with van der Waals surface area (Å²) in [5, 5.41) is 13.4. The van der Waals surface area contributed by atoms with E-state index in [1.165, 1.54) is 11.1 Å². The van der Waals surface area contributed by atoms with Crippen LogP contribution in [0.3, 0.4) is 0 Å². The first-order valence-corrected chi connectivity index (χ1v) is 8.95. The summed E-state index contributed by atoms with van der Waals surface area (Å²) in [6.45, 7) is 4.94. The van der Waals surface area contributed by atoms with Crippen molar-refractivity contribution in [2.75, 3.05) is 13.2 Å². The van der Waals surface area contributed by atoms with Gasteiger partial charge < -0.3 is 20.9 Å². The molecule has 4 heteroatoms. The molecule has 0 amide bonds. The van der Waals surface area contributed by atoms with Crippen LogP contribution < -0.4 is 15.8 Å². The van der Waals surface area contributed by atoms with E-state index in [4.69, 9.17) is 10.5 Å². The molecule has 0 fully saturated rings. The second kappa shape index (κ2) is 10.2. The third-order valence-corrected chi connectivity index (χ3v) is 4.01. The second-order valence-electron chi connectivity index (χ2n) is 6.79. The molecule has 136 valence electrons. The first-order chi connectivity index (χ1) is 12.0. The summed E-state index contributed by atoms with van der Waals surface area (Å²) in [6.07, 6.45) is 1.29. The van der Waals surface area contributed by atoms with Crippen LogP contribution in [0.1, 0.15) is 25.0 Å². The van der Waals surface area contributed by atoms with Gasteiger partial charge in [0.05, 0.1) is 0 Å². The lowest BCUT2D eigenvalue weighted by Gasteiger charge is -2.18. The molecular formula is C21H30N2O2. The minimum atomic E-state index is -0.531. The summed E-state index contributed by atoms with van der Waals surface area (Å²) in [6, 6.07) is 18.6. The highest BCUT2D eigenvalue weighted by Gasteiger charge is 2.09. The van der Waals surface area contributed by atoms with Gasteiger partial charge in [0.1, 0.15) is 18.5 Å². The summed E-state index contributed by atoms with van der Waals surface area (Å²) in [5.41, 5.74) is 8.38. The van der Waals surface area contributed by atoms with Crippen LogP contribution in [0, 0.1) is 0 Å². The molecule has 3 unspecified atom stereocenters. The molecule has 0 aliphatic heterocycles. The maximum absolute atomic E-state index is 10.0. The van der Waals surface area contributed by atoms with E-state index in [1.807, 2.05) is 37.3 Å². The first-order valence-electron chi connectivity index (χ1n) is 8.95. The minimum Gasteiger partial charge on any atom is -0.491 e. The third kappa shape index (κ3) is 7.69. The maximum atomic E-state index is 10.0. The monoisotopic (exact) mass is 342 g/mol. The second-order valence-corrected chi connectivity index (χ2v) is 6.79. The predicted octanol–water partition coefficient (Wildman–Crippen LogP) is 2.54. The van der Waals surface area contributed by atoms with Gasteiger partial charge in [-0.2, -0.15) is 0 Å². The zero-order chi connectivity index (χ0) is 18.1. The zero-order valence-corrected chi connectivity index (χ0v) is 15.2. The van der Waals surface area contributed by atoms with Gasteiger partial charge in [-0.1, -0.05) is 42.5 Å². The quantitative estimate of drug-likeness (QED) is 0.621. The molecule has 4 nitrogen and oxygen atoms in total. The highest BCUT2D eigenvalue weighted by molar-refractivity contribution is 5.24. The van der Waals surface area contributed by atoms with Crippen LogP contribution in [-0.4, -0.2) is 36.4 Å². The maximum Gasteiger partial charge on any atom is 0.119 e. The lowest BCUT2D eigenvalue weighted by Crippen LogP contribution is -2.37. The molecule has 0 spiro atoms. The van der Waals surface area contributed by atoms with Crippen molar-refractivity contribution in [1.29, 1.82) is 0 Å². The van der Waals surface area contributed by atoms with Crippen LogP contribution in [0.5, 0.6) is 5.75 Å². The Bertz CT molecular complexity index is 599. The smallest absolute Gasteiger partial charge is 0.119 e. The fraction of sp³-hybridized carbons (Fsp3) is 0.429. The van der Waals surface area contributed by atoms with Gasteiger partial charge >= 0.3 is 0 Å². The predicted molar refractivity (Wildman–Crippen MR) is 103 cm³/mol. The van der Waals surface area contributed by atoms with Crippen molar-refractivity contribution in [2.24, 2.45) is 5.73 Å². The third-order valence-electron chi connectivity index (χ3n) is 4.01. The number of aliphatic hydroxyl groups is 1. The van der Waals surface area contributed by atoms with E-state index in [-0.39, 0.29) is 18.7 Å². The van der Waals surface area contributed by atoms with E-state index in [0.29, 0.717) is 6.54 Å². The van der Waals surface area contributed by atoms with Crippen molar-refractivity contribution in [2.45, 2.75) is 44.9 Å². The average Bonchev–Trinajstić information content (AvgIpc) is 2.60. The topological polar surface area (TPSA) is 67.5 Å². The summed E-state index contributed by atoms with van der Waals surface area (Å²) >= 11 is 0. The van der Waals surface area contributed by atoms with Crippen LogP contribution in [0.2, 0.25) is 0 Å². The molecule has 0 saturated carbocycles. The Morgan fingerprint density at radius 2 is 1.56 bits per heavy atom. The molecule has 0 heterocycles. The molecule has 3 atom stereocenters. The lowest BCUT2D eigenvalue weighted by atomic mass is 10.0. The van der Waals surface area contributed by atoms with E-state index in [0.717, 1.165) is 18.6 Å². The zero-order valence-electron chi connectivity index (χ0n) is 15.2. The lowest BCUT2D eigenvalue weighted by molar-refractivity contribution is 0.104. The first kappa shape index (κ1) is 19.4. The molecule has 2 rings (SSSR count). The number of benzene rings is 2. The van der Waals surface area contributed by atoms with Gasteiger partial charge in [-0.15, -0.1) is 0 Å². The fourth-order valence-corrected chi connectivity index (χ4v) is 2.71. The highest BCUT2D eigenvalue weighted by Crippen LogP contribution is 2.10. The van der Waals surface area contributed by atoms with Crippen LogP contribution >= 0.6 is 0 Å². The molecule has 0 aromatic heterocycles. The van der Waals surface area contributed by atoms with Crippen molar-refractivity contribution in [3.8, 4) is 5.75 Å². The average molecular weight is 342 g/mol. The van der Waals surface area contributed by atoms with Crippen molar-refractivity contribution < 1.29 is 9.84 Å². The molecular weight excluding hydrogens is 312 g/mol. The normalized spacial score (nSPS) is 14.7. The number of para-hydroxylation sites is 1. The van der Waals surface area contributed by atoms with E-state index in [2.05, 4.69) is 36.5 Å². The SMILES string of the molecule is CC(N)Cc1ccc(CC(C)NCC(O)COc2ccccc2)cc1. The molecule has 2 aromatic carbocycles. The number of hydrogen-bond acceptors (Lipinski definition) is 4. The van der Waals surface area contributed by atoms with Crippen LogP contribution in [0.4, 0.5) is 0 Å². The Labute approximate surface area is 151 Å². The Morgan fingerprint density at radius 1 is 0.960 bits per heavy atom. The van der Waals surface area contributed by atoms with Gasteiger partial charge in [0.15, 0.2) is 0 Å². The fourth-order valence-electron chi connectivity index (χ4n) is 2.71. The number of aliphatic hydroxyl groups excluding tert-OH is 1.